The van der Waals surface area contributed by atoms with Gasteiger partial charge in [-0.25, -0.2) is 0 Å². The van der Waals surface area contributed by atoms with E-state index in [-0.39, 0.29) is 11.8 Å². The molecule has 0 aromatic carbocycles. The van der Waals surface area contributed by atoms with Crippen molar-refractivity contribution in [1.29, 1.82) is 0 Å². The molecule has 2 aliphatic rings. The van der Waals surface area contributed by atoms with Crippen molar-refractivity contribution in [1.82, 2.24) is 0 Å². The van der Waals surface area contributed by atoms with Gasteiger partial charge in [-0.1, -0.05) is 34.8 Å². The highest BCUT2D eigenvalue weighted by Gasteiger charge is 2.72. The summed E-state index contributed by atoms with van der Waals surface area (Å²) >= 11 is 49.2. The number of halogens is 8. The third-order valence-electron chi connectivity index (χ3n) is 4.00. The average Bonchev–Trinajstić information content (AvgIpc) is 2.72. The lowest BCUT2D eigenvalue weighted by Gasteiger charge is -2.47. The molecule has 0 heterocycles. The second-order valence-electron chi connectivity index (χ2n) is 4.57. The quantitative estimate of drug-likeness (QED) is 0.479. The molecule has 0 aliphatic heterocycles. The molecule has 104 valence electrons. The minimum absolute atomic E-state index is 0.218. The number of fused-ring (bicyclic) bond motifs is 2. The van der Waals surface area contributed by atoms with Crippen LogP contribution in [-0.4, -0.2) is 19.4 Å². The Labute approximate surface area is 146 Å². The minimum Gasteiger partial charge on any atom is -0.119 e. The zero-order valence-electron chi connectivity index (χ0n) is 8.69. The van der Waals surface area contributed by atoms with Crippen molar-refractivity contribution in [3.8, 4) is 0 Å². The molecule has 0 N–H and O–H groups in total. The van der Waals surface area contributed by atoms with E-state index in [1.54, 1.807) is 0 Å². The van der Waals surface area contributed by atoms with E-state index in [9.17, 15) is 0 Å². The van der Waals surface area contributed by atoms with E-state index in [4.69, 9.17) is 92.8 Å². The molecule has 18 heavy (non-hydrogen) atoms. The molecular formula is C10H8Cl8. The van der Waals surface area contributed by atoms with Crippen LogP contribution in [0.1, 0.15) is 6.42 Å². The fourth-order valence-electron chi connectivity index (χ4n) is 3.12. The van der Waals surface area contributed by atoms with Gasteiger partial charge in [0.25, 0.3) is 0 Å². The SMILES string of the molecule is Cl/C=C1\C2CC([C@H](Cl)C2(Cl)Cl)C1(C(Cl)Cl)C(Cl)Cl. The summed E-state index contributed by atoms with van der Waals surface area (Å²) in [5.74, 6) is -0.463. The first kappa shape index (κ1) is 16.4. The Morgan fingerprint density at radius 3 is 2.00 bits per heavy atom. The summed E-state index contributed by atoms with van der Waals surface area (Å²) in [5, 5.41) is -0.536. The van der Waals surface area contributed by atoms with Gasteiger partial charge in [0.2, 0.25) is 0 Å². The summed E-state index contributed by atoms with van der Waals surface area (Å²) in [6.07, 6.45) is 0.617. The van der Waals surface area contributed by atoms with Crippen LogP contribution < -0.4 is 0 Å². The third-order valence-corrected chi connectivity index (χ3v) is 7.55. The van der Waals surface area contributed by atoms with Gasteiger partial charge in [-0.2, -0.15) is 0 Å². The van der Waals surface area contributed by atoms with Crippen molar-refractivity contribution >= 4 is 92.8 Å². The molecule has 0 spiro atoms. The van der Waals surface area contributed by atoms with Crippen LogP contribution in [0, 0.1) is 17.3 Å². The van der Waals surface area contributed by atoms with Crippen LogP contribution in [0.2, 0.25) is 0 Å². The van der Waals surface area contributed by atoms with Crippen LogP contribution in [0.4, 0.5) is 0 Å². The molecule has 0 radical (unpaired) electrons. The molecule has 2 fully saturated rings. The van der Waals surface area contributed by atoms with Gasteiger partial charge >= 0.3 is 0 Å². The number of hydrogen-bond donors (Lipinski definition) is 0. The second-order valence-corrected chi connectivity index (χ2v) is 8.90. The van der Waals surface area contributed by atoms with Crippen molar-refractivity contribution in [3.05, 3.63) is 11.1 Å². The molecular weight excluding hydrogens is 404 g/mol. The Morgan fingerprint density at radius 2 is 1.61 bits per heavy atom. The van der Waals surface area contributed by atoms with Crippen molar-refractivity contribution in [3.63, 3.8) is 0 Å². The van der Waals surface area contributed by atoms with E-state index >= 15 is 0 Å². The predicted molar refractivity (Wildman–Crippen MR) is 83.0 cm³/mol. The Hall–Kier alpha value is 2.06. The fourth-order valence-corrected chi connectivity index (χ4v) is 6.55. The molecule has 0 aromatic rings. The summed E-state index contributed by atoms with van der Waals surface area (Å²) in [6, 6.07) is 0. The van der Waals surface area contributed by atoms with E-state index in [0.29, 0.717) is 12.0 Å². The van der Waals surface area contributed by atoms with Crippen LogP contribution in [0.3, 0.4) is 0 Å². The van der Waals surface area contributed by atoms with E-state index in [1.165, 1.54) is 5.54 Å². The summed E-state index contributed by atoms with van der Waals surface area (Å²) in [5.41, 5.74) is 1.15. The molecule has 2 rings (SSSR count). The molecule has 0 saturated heterocycles. The standard InChI is InChI=1S/C10H8Cl8/c11-2-5-3-1-4(6(12)10(3,17)18)9(5,7(13)14)8(15)16/h2-4,6-8H,1H2/b5-2+/t3?,4?,6-/m0/s1. The highest BCUT2D eigenvalue weighted by molar-refractivity contribution is 6.54. The lowest BCUT2D eigenvalue weighted by atomic mass is 9.72. The van der Waals surface area contributed by atoms with Gasteiger partial charge in [-0.15, -0.1) is 58.0 Å². The van der Waals surface area contributed by atoms with E-state index in [0.717, 1.165) is 0 Å². The van der Waals surface area contributed by atoms with Crippen molar-refractivity contribution in [2.24, 2.45) is 17.3 Å². The topological polar surface area (TPSA) is 0 Å². The molecule has 0 nitrogen and oxygen atoms in total. The maximum Gasteiger partial charge on any atom is 0.141 e. The maximum absolute atomic E-state index is 6.33. The van der Waals surface area contributed by atoms with Gasteiger partial charge < -0.3 is 0 Å². The van der Waals surface area contributed by atoms with Gasteiger partial charge in [0.1, 0.15) is 14.0 Å². The lowest BCUT2D eigenvalue weighted by Crippen LogP contribution is -2.51. The first-order valence-electron chi connectivity index (χ1n) is 5.11. The summed E-state index contributed by atoms with van der Waals surface area (Å²) in [4.78, 5) is -1.69. The predicted octanol–water partition coefficient (Wildman–Crippen LogP) is 6.13. The number of alkyl halides is 7. The molecule has 2 bridgehead atoms. The maximum atomic E-state index is 6.33. The fraction of sp³-hybridized carbons (Fsp3) is 0.800. The molecule has 2 aliphatic carbocycles. The van der Waals surface area contributed by atoms with Gasteiger partial charge in [0.15, 0.2) is 0 Å². The van der Waals surface area contributed by atoms with E-state index < -0.39 is 24.8 Å². The lowest BCUT2D eigenvalue weighted by molar-refractivity contribution is 0.268. The average molecular weight is 412 g/mol. The zero-order valence-corrected chi connectivity index (χ0v) is 14.7. The van der Waals surface area contributed by atoms with Gasteiger partial charge in [-0.3, -0.25) is 0 Å². The number of allylic oxidation sites excluding steroid dienone is 1. The van der Waals surface area contributed by atoms with E-state index in [2.05, 4.69) is 0 Å². The molecule has 2 unspecified atom stereocenters. The normalized spacial score (nSPS) is 39.2. The van der Waals surface area contributed by atoms with Crippen molar-refractivity contribution < 1.29 is 0 Å². The van der Waals surface area contributed by atoms with Crippen LogP contribution in [-0.2, 0) is 0 Å². The third kappa shape index (κ3) is 1.94. The van der Waals surface area contributed by atoms with Crippen LogP contribution in [0.5, 0.6) is 0 Å². The first-order valence-corrected chi connectivity index (χ1v) is 8.48. The Bertz CT molecular complexity index is 366. The van der Waals surface area contributed by atoms with Gasteiger partial charge in [0, 0.05) is 11.5 Å². The monoisotopic (exact) mass is 408 g/mol. The molecule has 0 amide bonds. The van der Waals surface area contributed by atoms with Crippen molar-refractivity contribution in [2.45, 2.75) is 25.8 Å². The van der Waals surface area contributed by atoms with Gasteiger partial charge in [-0.05, 0) is 17.9 Å². The Morgan fingerprint density at radius 1 is 1.11 bits per heavy atom. The summed E-state index contributed by atoms with van der Waals surface area (Å²) < 4.78 is -1.11. The summed E-state index contributed by atoms with van der Waals surface area (Å²) in [7, 11) is 0. The molecule has 3 atom stereocenters. The molecule has 2 saturated carbocycles. The Kier molecular flexibility index (Phi) is 4.89. The highest BCUT2D eigenvalue weighted by Crippen LogP contribution is 2.72. The smallest absolute Gasteiger partial charge is 0.119 e. The van der Waals surface area contributed by atoms with E-state index in [1.807, 2.05) is 0 Å². The molecule has 8 heteroatoms. The molecule has 0 aromatic heterocycles. The van der Waals surface area contributed by atoms with Gasteiger partial charge in [0.05, 0.1) is 10.8 Å². The number of rotatable bonds is 2. The first-order chi connectivity index (χ1) is 8.22. The largest absolute Gasteiger partial charge is 0.141 e. The second kappa shape index (κ2) is 5.36. The van der Waals surface area contributed by atoms with Crippen molar-refractivity contribution in [2.75, 3.05) is 0 Å². The highest BCUT2D eigenvalue weighted by atomic mass is 35.5. The van der Waals surface area contributed by atoms with Crippen LogP contribution >= 0.6 is 92.8 Å². The minimum atomic E-state index is -1.11. The number of hydrogen-bond acceptors (Lipinski definition) is 0. The Balaban J connectivity index is 2.58. The van der Waals surface area contributed by atoms with Crippen LogP contribution in [0.15, 0.2) is 11.1 Å². The summed E-state index contributed by atoms with van der Waals surface area (Å²) in [6.45, 7) is 0. The van der Waals surface area contributed by atoms with Crippen LogP contribution in [0.25, 0.3) is 0 Å². The zero-order chi connectivity index (χ0) is 13.9.